The zero-order chi connectivity index (χ0) is 15.1. The molecule has 0 bridgehead atoms. The van der Waals surface area contributed by atoms with Gasteiger partial charge in [-0.25, -0.2) is 0 Å². The van der Waals surface area contributed by atoms with E-state index in [1.165, 1.54) is 19.3 Å². The fourth-order valence-corrected chi connectivity index (χ4v) is 3.23. The largest absolute Gasteiger partial charge is 0.497 e. The van der Waals surface area contributed by atoms with Crippen LogP contribution < -0.4 is 14.8 Å². The standard InChI is InChI=1S/C18H29NO2/c1-14-6-4-7-18(15(14)2)19-12-5-13-21-17-10-8-16(20-3)9-11-17/h8-11,14-15,18-19H,4-7,12-13H2,1-3H3/p+1/t14-,15+,18+/m0/s1. The summed E-state index contributed by atoms with van der Waals surface area (Å²) in [6.07, 6.45) is 5.29. The zero-order valence-electron chi connectivity index (χ0n) is 13.7. The number of benzene rings is 1. The molecule has 3 heteroatoms. The molecule has 0 unspecified atom stereocenters. The van der Waals surface area contributed by atoms with Gasteiger partial charge >= 0.3 is 0 Å². The predicted molar refractivity (Wildman–Crippen MR) is 85.9 cm³/mol. The van der Waals surface area contributed by atoms with Gasteiger partial charge < -0.3 is 14.8 Å². The Bertz CT molecular complexity index is 404. The zero-order valence-corrected chi connectivity index (χ0v) is 13.7. The maximum absolute atomic E-state index is 5.77. The van der Waals surface area contributed by atoms with E-state index in [9.17, 15) is 0 Å². The van der Waals surface area contributed by atoms with Gasteiger partial charge in [-0.1, -0.05) is 13.8 Å². The van der Waals surface area contributed by atoms with Crippen LogP contribution in [-0.2, 0) is 0 Å². The Morgan fingerprint density at radius 3 is 2.52 bits per heavy atom. The Kier molecular flexibility index (Phi) is 6.37. The van der Waals surface area contributed by atoms with E-state index in [1.807, 2.05) is 24.3 Å². The quantitative estimate of drug-likeness (QED) is 0.784. The minimum Gasteiger partial charge on any atom is -0.497 e. The van der Waals surface area contributed by atoms with Crippen molar-refractivity contribution < 1.29 is 14.8 Å². The third-order valence-corrected chi connectivity index (χ3v) is 4.92. The van der Waals surface area contributed by atoms with Gasteiger partial charge in [-0.15, -0.1) is 0 Å². The summed E-state index contributed by atoms with van der Waals surface area (Å²) in [4.78, 5) is 0. The highest BCUT2D eigenvalue weighted by molar-refractivity contribution is 5.31. The summed E-state index contributed by atoms with van der Waals surface area (Å²) in [5.74, 6) is 3.53. The van der Waals surface area contributed by atoms with E-state index >= 15 is 0 Å². The molecule has 3 atom stereocenters. The first kappa shape index (κ1) is 16.2. The van der Waals surface area contributed by atoms with Crippen LogP contribution >= 0.6 is 0 Å². The van der Waals surface area contributed by atoms with Crippen molar-refractivity contribution in [3.63, 3.8) is 0 Å². The lowest BCUT2D eigenvalue weighted by molar-refractivity contribution is -0.699. The first-order valence-corrected chi connectivity index (χ1v) is 8.31. The van der Waals surface area contributed by atoms with Gasteiger partial charge in [0.05, 0.1) is 26.3 Å². The van der Waals surface area contributed by atoms with Crippen LogP contribution in [-0.4, -0.2) is 26.3 Å². The van der Waals surface area contributed by atoms with Gasteiger partial charge in [-0.05, 0) is 49.4 Å². The van der Waals surface area contributed by atoms with Crippen molar-refractivity contribution in [3.8, 4) is 11.5 Å². The molecule has 1 aromatic rings. The topological polar surface area (TPSA) is 35.1 Å². The first-order chi connectivity index (χ1) is 10.2. The fourth-order valence-electron chi connectivity index (χ4n) is 3.23. The van der Waals surface area contributed by atoms with Crippen LogP contribution in [0.2, 0.25) is 0 Å². The van der Waals surface area contributed by atoms with E-state index in [0.717, 1.165) is 48.9 Å². The second kappa shape index (κ2) is 8.28. The van der Waals surface area contributed by atoms with Crippen LogP contribution in [0.5, 0.6) is 11.5 Å². The first-order valence-electron chi connectivity index (χ1n) is 8.31. The van der Waals surface area contributed by atoms with E-state index in [0.29, 0.717) is 0 Å². The number of hydrogen-bond donors (Lipinski definition) is 1. The highest BCUT2D eigenvalue weighted by Gasteiger charge is 2.29. The monoisotopic (exact) mass is 292 g/mol. The molecule has 0 spiro atoms. The van der Waals surface area contributed by atoms with E-state index in [1.54, 1.807) is 7.11 Å². The van der Waals surface area contributed by atoms with Crippen LogP contribution in [0.25, 0.3) is 0 Å². The third-order valence-electron chi connectivity index (χ3n) is 4.92. The molecule has 118 valence electrons. The lowest BCUT2D eigenvalue weighted by atomic mass is 9.78. The maximum atomic E-state index is 5.77. The molecular weight excluding hydrogens is 262 g/mol. The Balaban J connectivity index is 1.61. The van der Waals surface area contributed by atoms with E-state index in [4.69, 9.17) is 9.47 Å². The van der Waals surface area contributed by atoms with E-state index < -0.39 is 0 Å². The molecule has 1 aliphatic rings. The fraction of sp³-hybridized carbons (Fsp3) is 0.667. The summed E-state index contributed by atoms with van der Waals surface area (Å²) < 4.78 is 10.9. The number of ether oxygens (including phenoxy) is 2. The van der Waals surface area contributed by atoms with Gasteiger partial charge in [0, 0.05) is 12.3 Å². The van der Waals surface area contributed by atoms with Crippen molar-refractivity contribution in [2.75, 3.05) is 20.3 Å². The average Bonchev–Trinajstić information content (AvgIpc) is 2.51. The molecule has 0 amide bonds. The summed E-state index contributed by atoms with van der Waals surface area (Å²) in [6.45, 7) is 6.77. The van der Waals surface area contributed by atoms with Crippen molar-refractivity contribution in [2.45, 2.75) is 45.6 Å². The summed E-state index contributed by atoms with van der Waals surface area (Å²) >= 11 is 0. The molecule has 1 fully saturated rings. The van der Waals surface area contributed by atoms with Crippen LogP contribution in [0.1, 0.15) is 39.5 Å². The molecule has 0 saturated heterocycles. The summed E-state index contributed by atoms with van der Waals surface area (Å²) in [7, 11) is 1.68. The summed E-state index contributed by atoms with van der Waals surface area (Å²) in [5, 5.41) is 2.54. The van der Waals surface area contributed by atoms with Crippen molar-refractivity contribution in [1.29, 1.82) is 0 Å². The van der Waals surface area contributed by atoms with Crippen molar-refractivity contribution >= 4 is 0 Å². The highest BCUT2D eigenvalue weighted by atomic mass is 16.5. The molecular formula is C18H30NO2+. The van der Waals surface area contributed by atoms with Gasteiger partial charge in [0.1, 0.15) is 11.5 Å². The molecule has 0 radical (unpaired) electrons. The Morgan fingerprint density at radius 2 is 1.81 bits per heavy atom. The molecule has 21 heavy (non-hydrogen) atoms. The van der Waals surface area contributed by atoms with Crippen molar-refractivity contribution in [3.05, 3.63) is 24.3 Å². The smallest absolute Gasteiger partial charge is 0.119 e. The third kappa shape index (κ3) is 4.92. The highest BCUT2D eigenvalue weighted by Crippen LogP contribution is 2.27. The number of quaternary nitrogens is 1. The minimum atomic E-state index is 0.791. The number of methoxy groups -OCH3 is 1. The number of rotatable bonds is 7. The normalized spacial score (nSPS) is 25.6. The maximum Gasteiger partial charge on any atom is 0.119 e. The second-order valence-electron chi connectivity index (χ2n) is 6.33. The molecule has 0 aliphatic heterocycles. The molecule has 0 aromatic heterocycles. The van der Waals surface area contributed by atoms with Crippen LogP contribution in [0, 0.1) is 11.8 Å². The van der Waals surface area contributed by atoms with Crippen LogP contribution in [0.4, 0.5) is 0 Å². The minimum absolute atomic E-state index is 0.791. The van der Waals surface area contributed by atoms with E-state index in [-0.39, 0.29) is 0 Å². The van der Waals surface area contributed by atoms with Gasteiger partial charge in [0.2, 0.25) is 0 Å². The Morgan fingerprint density at radius 1 is 1.10 bits per heavy atom. The van der Waals surface area contributed by atoms with Crippen molar-refractivity contribution in [2.24, 2.45) is 11.8 Å². The molecule has 3 nitrogen and oxygen atoms in total. The van der Waals surface area contributed by atoms with Crippen LogP contribution in [0.15, 0.2) is 24.3 Å². The second-order valence-corrected chi connectivity index (χ2v) is 6.33. The Labute approximate surface area is 129 Å². The summed E-state index contributed by atoms with van der Waals surface area (Å²) in [6, 6.07) is 8.62. The number of nitrogens with two attached hydrogens (primary N) is 1. The molecule has 2 rings (SSSR count). The predicted octanol–water partition coefficient (Wildman–Crippen LogP) is 2.85. The molecule has 1 saturated carbocycles. The summed E-state index contributed by atoms with van der Waals surface area (Å²) in [5.41, 5.74) is 0. The SMILES string of the molecule is COc1ccc(OCCC[NH2+][C@@H]2CCC[C@H](C)[C@H]2C)cc1. The molecule has 0 heterocycles. The average molecular weight is 292 g/mol. The van der Waals surface area contributed by atoms with E-state index in [2.05, 4.69) is 19.2 Å². The lowest BCUT2D eigenvalue weighted by Gasteiger charge is -2.32. The molecule has 1 aromatic carbocycles. The molecule has 2 N–H and O–H groups in total. The Hall–Kier alpha value is -1.22. The van der Waals surface area contributed by atoms with Crippen LogP contribution in [0.3, 0.4) is 0 Å². The molecule has 1 aliphatic carbocycles. The van der Waals surface area contributed by atoms with Gasteiger partial charge in [-0.3, -0.25) is 0 Å². The van der Waals surface area contributed by atoms with Gasteiger partial charge in [0.15, 0.2) is 0 Å². The van der Waals surface area contributed by atoms with Gasteiger partial charge in [0.25, 0.3) is 0 Å². The van der Waals surface area contributed by atoms with Gasteiger partial charge in [-0.2, -0.15) is 0 Å². The van der Waals surface area contributed by atoms with Crippen molar-refractivity contribution in [1.82, 2.24) is 0 Å². The lowest BCUT2D eigenvalue weighted by Crippen LogP contribution is -2.92. The number of hydrogen-bond acceptors (Lipinski definition) is 2.